The van der Waals surface area contributed by atoms with E-state index in [1.807, 2.05) is 17.5 Å². The fraction of sp³-hybridized carbons (Fsp3) is 0.250. The maximum absolute atomic E-state index is 12.2. The highest BCUT2D eigenvalue weighted by atomic mass is 35.5. The van der Waals surface area contributed by atoms with Crippen LogP contribution in [0.25, 0.3) is 0 Å². The van der Waals surface area contributed by atoms with Crippen LogP contribution in [0.5, 0.6) is 0 Å². The van der Waals surface area contributed by atoms with Crippen LogP contribution in [0.1, 0.15) is 21.7 Å². The highest BCUT2D eigenvalue weighted by Crippen LogP contribution is 2.29. The van der Waals surface area contributed by atoms with Gasteiger partial charge in [0.25, 0.3) is 5.91 Å². The minimum absolute atomic E-state index is 0.0507. The fourth-order valence-electron chi connectivity index (χ4n) is 2.53. The molecule has 9 heteroatoms. The molecule has 0 aliphatic carbocycles. The first kappa shape index (κ1) is 17.9. The third kappa shape index (κ3) is 3.86. The van der Waals surface area contributed by atoms with E-state index in [-0.39, 0.29) is 34.4 Å². The second-order valence-electron chi connectivity index (χ2n) is 5.47. The molecule has 1 N–H and O–H groups in total. The van der Waals surface area contributed by atoms with Crippen molar-refractivity contribution in [1.29, 1.82) is 0 Å². The van der Waals surface area contributed by atoms with Gasteiger partial charge in [-0.3, -0.25) is 9.59 Å². The van der Waals surface area contributed by atoms with E-state index in [0.717, 1.165) is 10.7 Å². The predicted molar refractivity (Wildman–Crippen MR) is 97.7 cm³/mol. The van der Waals surface area contributed by atoms with E-state index in [9.17, 15) is 18.0 Å². The zero-order valence-corrected chi connectivity index (χ0v) is 15.5. The highest BCUT2D eigenvalue weighted by Gasteiger charge is 2.36. The predicted octanol–water partition coefficient (Wildman–Crippen LogP) is 2.44. The van der Waals surface area contributed by atoms with Gasteiger partial charge in [0.05, 0.1) is 22.0 Å². The largest absolute Gasteiger partial charge is 0.352 e. The molecule has 2 heterocycles. The number of nitrogens with one attached hydrogen (secondary N) is 1. The van der Waals surface area contributed by atoms with Crippen molar-refractivity contribution < 1.29 is 18.0 Å². The van der Waals surface area contributed by atoms with Gasteiger partial charge in [-0.2, -0.15) is 0 Å². The van der Waals surface area contributed by atoms with Gasteiger partial charge < -0.3 is 5.32 Å². The molecule has 1 saturated heterocycles. The summed E-state index contributed by atoms with van der Waals surface area (Å²) in [6.07, 6.45) is 0.671. The maximum atomic E-state index is 12.2. The quantitative estimate of drug-likeness (QED) is 0.838. The summed E-state index contributed by atoms with van der Waals surface area (Å²) in [4.78, 5) is 25.2. The molecule has 0 radical (unpaired) electrons. The zero-order valence-electron chi connectivity index (χ0n) is 13.1. The second-order valence-corrected chi connectivity index (χ2v) is 8.85. The number of hydrogen-bond donors (Lipinski definition) is 1. The normalized spacial score (nSPS) is 16.2. The van der Waals surface area contributed by atoms with E-state index >= 15 is 0 Å². The van der Waals surface area contributed by atoms with E-state index in [0.29, 0.717) is 6.54 Å². The third-order valence-corrected chi connectivity index (χ3v) is 6.69. The molecule has 2 aromatic rings. The molecule has 1 fully saturated rings. The van der Waals surface area contributed by atoms with Gasteiger partial charge in [-0.15, -0.1) is 11.3 Å². The molecular weight excluding hydrogens is 384 g/mol. The lowest BCUT2D eigenvalue weighted by molar-refractivity contribution is -0.116. The number of thiophene rings is 1. The summed E-state index contributed by atoms with van der Waals surface area (Å²) in [5.74, 6) is -1.05. The number of benzene rings is 1. The van der Waals surface area contributed by atoms with Crippen LogP contribution in [0.4, 0.5) is 5.69 Å². The van der Waals surface area contributed by atoms with Crippen molar-refractivity contribution in [3.63, 3.8) is 0 Å². The molecule has 6 nitrogen and oxygen atoms in total. The minimum atomic E-state index is -3.65. The Morgan fingerprint density at radius 1 is 1.32 bits per heavy atom. The molecule has 1 aliphatic heterocycles. The first-order valence-electron chi connectivity index (χ1n) is 7.54. The van der Waals surface area contributed by atoms with Crippen LogP contribution in [-0.4, -0.2) is 32.5 Å². The number of sulfonamides is 1. The van der Waals surface area contributed by atoms with Crippen molar-refractivity contribution in [2.45, 2.75) is 12.8 Å². The van der Waals surface area contributed by atoms with E-state index in [4.69, 9.17) is 11.6 Å². The minimum Gasteiger partial charge on any atom is -0.352 e. The van der Waals surface area contributed by atoms with Crippen LogP contribution in [0.15, 0.2) is 35.7 Å². The SMILES string of the molecule is O=C(NCCc1cccs1)c1ccc(N2C(=O)CCS2(=O)=O)cc1Cl. The van der Waals surface area contributed by atoms with Gasteiger partial charge in [-0.05, 0) is 36.1 Å². The van der Waals surface area contributed by atoms with Crippen LogP contribution in [0.2, 0.25) is 5.02 Å². The molecule has 25 heavy (non-hydrogen) atoms. The molecule has 0 spiro atoms. The summed E-state index contributed by atoms with van der Waals surface area (Å²) in [6, 6.07) is 8.12. The summed E-state index contributed by atoms with van der Waals surface area (Å²) < 4.78 is 24.6. The molecule has 1 aromatic carbocycles. The molecule has 0 saturated carbocycles. The molecule has 3 rings (SSSR count). The Morgan fingerprint density at radius 3 is 2.72 bits per heavy atom. The summed E-state index contributed by atoms with van der Waals surface area (Å²) >= 11 is 7.75. The number of carbonyl (C=O) groups excluding carboxylic acids is 2. The number of nitrogens with zero attached hydrogens (tertiary/aromatic N) is 1. The lowest BCUT2D eigenvalue weighted by Gasteiger charge is -2.16. The van der Waals surface area contributed by atoms with Crippen molar-refractivity contribution in [2.75, 3.05) is 16.6 Å². The Morgan fingerprint density at radius 2 is 2.12 bits per heavy atom. The van der Waals surface area contributed by atoms with Crippen LogP contribution >= 0.6 is 22.9 Å². The fourth-order valence-corrected chi connectivity index (χ4v) is 4.95. The number of amides is 2. The molecule has 2 amide bonds. The average Bonchev–Trinajstić information content (AvgIpc) is 3.15. The van der Waals surface area contributed by atoms with Gasteiger partial charge in [0, 0.05) is 17.8 Å². The van der Waals surface area contributed by atoms with Gasteiger partial charge in [-0.25, -0.2) is 12.7 Å². The van der Waals surface area contributed by atoms with E-state index in [1.165, 1.54) is 23.1 Å². The molecule has 0 unspecified atom stereocenters. The van der Waals surface area contributed by atoms with Gasteiger partial charge in [0.1, 0.15) is 0 Å². The number of rotatable bonds is 5. The lowest BCUT2D eigenvalue weighted by atomic mass is 10.2. The molecular formula is C16H15ClN2O4S2. The number of hydrogen-bond acceptors (Lipinski definition) is 5. The highest BCUT2D eigenvalue weighted by molar-refractivity contribution is 7.94. The number of anilines is 1. The standard InChI is InChI=1S/C16H15ClN2O4S2/c17-14-10-11(19-15(20)6-9-25(19,22)23)3-4-13(14)16(21)18-7-5-12-2-1-8-24-12/h1-4,8,10H,5-7,9H2,(H,18,21). The Hall–Kier alpha value is -1.90. The molecule has 0 atom stereocenters. The maximum Gasteiger partial charge on any atom is 0.252 e. The average molecular weight is 399 g/mol. The van der Waals surface area contributed by atoms with E-state index in [1.54, 1.807) is 11.3 Å². The van der Waals surface area contributed by atoms with Crippen LogP contribution < -0.4 is 9.62 Å². The summed E-state index contributed by atoms with van der Waals surface area (Å²) in [5, 5.41) is 4.85. The van der Waals surface area contributed by atoms with Crippen molar-refractivity contribution in [3.8, 4) is 0 Å². The van der Waals surface area contributed by atoms with E-state index < -0.39 is 15.9 Å². The molecule has 132 valence electrons. The Balaban J connectivity index is 1.71. The Kier molecular flexibility index (Phi) is 5.12. The van der Waals surface area contributed by atoms with Crippen LogP contribution in [0, 0.1) is 0 Å². The van der Waals surface area contributed by atoms with Gasteiger partial charge in [0.15, 0.2) is 0 Å². The zero-order chi connectivity index (χ0) is 18.0. The first-order valence-corrected chi connectivity index (χ1v) is 10.4. The molecule has 0 bridgehead atoms. The van der Waals surface area contributed by atoms with Crippen molar-refractivity contribution in [3.05, 3.63) is 51.2 Å². The summed E-state index contributed by atoms with van der Waals surface area (Å²) in [6.45, 7) is 0.469. The van der Waals surface area contributed by atoms with Crippen molar-refractivity contribution in [1.82, 2.24) is 5.32 Å². The summed E-state index contributed by atoms with van der Waals surface area (Å²) in [7, 11) is -3.65. The molecule has 1 aliphatic rings. The van der Waals surface area contributed by atoms with Gasteiger partial charge >= 0.3 is 0 Å². The Labute approximate surface area is 154 Å². The Bertz CT molecular complexity index is 910. The third-order valence-electron chi connectivity index (χ3n) is 3.75. The van der Waals surface area contributed by atoms with Crippen LogP contribution in [0.3, 0.4) is 0 Å². The molecule has 1 aromatic heterocycles. The van der Waals surface area contributed by atoms with Crippen molar-refractivity contribution in [2.24, 2.45) is 0 Å². The first-order chi connectivity index (χ1) is 11.9. The number of carbonyl (C=O) groups is 2. The van der Waals surface area contributed by atoms with Gasteiger partial charge in [0.2, 0.25) is 15.9 Å². The van der Waals surface area contributed by atoms with Gasteiger partial charge in [-0.1, -0.05) is 17.7 Å². The second kappa shape index (κ2) is 7.15. The van der Waals surface area contributed by atoms with E-state index in [2.05, 4.69) is 5.32 Å². The van der Waals surface area contributed by atoms with Crippen LogP contribution in [-0.2, 0) is 21.2 Å². The lowest BCUT2D eigenvalue weighted by Crippen LogP contribution is -2.29. The smallest absolute Gasteiger partial charge is 0.252 e. The number of halogens is 1. The summed E-state index contributed by atoms with van der Waals surface area (Å²) in [5.41, 5.74) is 0.392. The van der Waals surface area contributed by atoms with Crippen molar-refractivity contribution >= 4 is 50.5 Å². The monoisotopic (exact) mass is 398 g/mol. The topological polar surface area (TPSA) is 83.6 Å².